The molecular formula is C62H37N. The second kappa shape index (κ2) is 11.9. The number of fused-ring (bicyclic) bond motifs is 23. The van der Waals surface area contributed by atoms with Gasteiger partial charge in [-0.05, 0) is 119 Å². The molecule has 0 bridgehead atoms. The lowest BCUT2D eigenvalue weighted by atomic mass is 9.70. The Hall–Kier alpha value is -8.00. The Balaban J connectivity index is 0.980. The van der Waals surface area contributed by atoms with Gasteiger partial charge in [0.1, 0.15) is 0 Å². The minimum absolute atomic E-state index is 0.378. The molecule has 0 amide bonds. The number of nitrogens with zero attached hydrogens (tertiary/aromatic N) is 1. The van der Waals surface area contributed by atoms with E-state index in [1.54, 1.807) is 0 Å². The van der Waals surface area contributed by atoms with Gasteiger partial charge in [0.05, 0.1) is 27.6 Å². The van der Waals surface area contributed by atoms with Crippen LogP contribution in [0, 0.1) is 0 Å². The number of aromatic nitrogens is 1. The van der Waals surface area contributed by atoms with Gasteiger partial charge in [0, 0.05) is 16.3 Å². The molecule has 11 aromatic rings. The maximum absolute atomic E-state index is 2.54. The number of hydrogen-bond donors (Lipinski definition) is 0. The Morgan fingerprint density at radius 3 is 1.19 bits per heavy atom. The van der Waals surface area contributed by atoms with Gasteiger partial charge in [-0.1, -0.05) is 200 Å². The van der Waals surface area contributed by atoms with E-state index in [1.807, 2.05) is 0 Å². The molecule has 0 radical (unpaired) electrons. The third-order valence-corrected chi connectivity index (χ3v) is 15.2. The van der Waals surface area contributed by atoms with Crippen molar-refractivity contribution >= 4 is 21.8 Å². The van der Waals surface area contributed by atoms with Crippen LogP contribution in [-0.2, 0) is 10.8 Å². The maximum Gasteiger partial charge on any atom is 0.0726 e. The van der Waals surface area contributed by atoms with Crippen LogP contribution in [0.5, 0.6) is 0 Å². The number of benzene rings is 10. The van der Waals surface area contributed by atoms with Crippen LogP contribution in [0.2, 0.25) is 0 Å². The van der Waals surface area contributed by atoms with Crippen molar-refractivity contribution < 1.29 is 0 Å². The molecule has 0 N–H and O–H groups in total. The summed E-state index contributed by atoms with van der Waals surface area (Å²) in [6.07, 6.45) is 0. The summed E-state index contributed by atoms with van der Waals surface area (Å²) in [7, 11) is 0. The van der Waals surface area contributed by atoms with E-state index in [0.29, 0.717) is 0 Å². The van der Waals surface area contributed by atoms with Crippen LogP contribution in [0.3, 0.4) is 0 Å². The van der Waals surface area contributed by atoms with Crippen molar-refractivity contribution in [1.29, 1.82) is 0 Å². The van der Waals surface area contributed by atoms with E-state index in [2.05, 4.69) is 229 Å². The molecule has 1 aromatic heterocycles. The first-order valence-corrected chi connectivity index (χ1v) is 22.2. The predicted molar refractivity (Wildman–Crippen MR) is 259 cm³/mol. The predicted octanol–water partition coefficient (Wildman–Crippen LogP) is 15.1. The minimum Gasteiger partial charge on any atom is -0.309 e. The summed E-state index contributed by atoms with van der Waals surface area (Å²) in [5, 5.41) is 2.51. The molecule has 1 nitrogen and oxygen atoms in total. The molecule has 290 valence electrons. The van der Waals surface area contributed by atoms with Gasteiger partial charge < -0.3 is 4.57 Å². The average Bonchev–Trinajstić information content (AvgIpc) is 4.11. The molecular weight excluding hydrogens is 759 g/mol. The zero-order chi connectivity index (χ0) is 41.0. The standard InChI is InChI=1S/C62H37N/c1-8-25-48-40(17-1)41-18-2-9-26-49(41)61(48)52-29-12-5-22-45(52)59-39(24-15-31-54(59)61)38-35-36-57-47(37-38)44-21-7-14-33-56(44)63(57)58-34-16-32-55-60(58)46-23-6-13-30-53(46)62(55)50-27-10-3-19-42(50)43-20-4-11-28-51(43)62/h1-37H. The van der Waals surface area contributed by atoms with Gasteiger partial charge in [-0.2, -0.15) is 0 Å². The molecule has 4 aliphatic rings. The van der Waals surface area contributed by atoms with Crippen LogP contribution in [0.4, 0.5) is 0 Å². The first kappa shape index (κ1) is 33.7. The van der Waals surface area contributed by atoms with E-state index >= 15 is 0 Å². The summed E-state index contributed by atoms with van der Waals surface area (Å²) >= 11 is 0. The molecule has 15 rings (SSSR count). The van der Waals surface area contributed by atoms with Crippen molar-refractivity contribution in [2.75, 3.05) is 0 Å². The molecule has 0 atom stereocenters. The highest BCUT2D eigenvalue weighted by molar-refractivity contribution is 6.12. The van der Waals surface area contributed by atoms with Crippen LogP contribution < -0.4 is 0 Å². The molecule has 0 aliphatic heterocycles. The zero-order valence-electron chi connectivity index (χ0n) is 34.3. The summed E-state index contributed by atoms with van der Waals surface area (Å²) in [5.41, 5.74) is 26.9. The Kier molecular flexibility index (Phi) is 6.35. The van der Waals surface area contributed by atoms with Crippen LogP contribution >= 0.6 is 0 Å². The highest BCUT2D eigenvalue weighted by Gasteiger charge is 2.53. The molecule has 0 fully saturated rings. The topological polar surface area (TPSA) is 4.93 Å². The van der Waals surface area contributed by atoms with Gasteiger partial charge in [-0.15, -0.1) is 0 Å². The quantitative estimate of drug-likeness (QED) is 0.164. The zero-order valence-corrected chi connectivity index (χ0v) is 34.3. The fraction of sp³-hybridized carbons (Fsp3) is 0.0323. The van der Waals surface area contributed by atoms with E-state index in [9.17, 15) is 0 Å². The van der Waals surface area contributed by atoms with E-state index in [1.165, 1.54) is 128 Å². The summed E-state index contributed by atoms with van der Waals surface area (Å²) in [4.78, 5) is 0. The SMILES string of the molecule is c1ccc2c(c1)-c1ccccc1C21c2ccccc2-c2c(-c3ccc4c(c3)c3ccccc3n4-c3cccc4c3-c3ccccc3C43c4ccccc4-c4ccccc43)cccc21. The number of rotatable bonds is 2. The van der Waals surface area contributed by atoms with Gasteiger partial charge in [-0.3, -0.25) is 0 Å². The third kappa shape index (κ3) is 3.88. The summed E-state index contributed by atoms with van der Waals surface area (Å²) in [6.45, 7) is 0. The first-order valence-electron chi connectivity index (χ1n) is 22.2. The van der Waals surface area contributed by atoms with Crippen molar-refractivity contribution in [3.05, 3.63) is 269 Å². The molecule has 1 heteroatoms. The Morgan fingerprint density at radius 1 is 0.254 bits per heavy atom. The largest absolute Gasteiger partial charge is 0.309 e. The van der Waals surface area contributed by atoms with E-state index in [-0.39, 0.29) is 5.41 Å². The summed E-state index contributed by atoms with van der Waals surface area (Å²) in [5.74, 6) is 0. The van der Waals surface area contributed by atoms with E-state index in [4.69, 9.17) is 0 Å². The van der Waals surface area contributed by atoms with Gasteiger partial charge in [0.2, 0.25) is 0 Å². The maximum atomic E-state index is 2.54. The van der Waals surface area contributed by atoms with Crippen molar-refractivity contribution in [3.8, 4) is 61.3 Å². The summed E-state index contributed by atoms with van der Waals surface area (Å²) < 4.78 is 2.54. The first-order chi connectivity index (χ1) is 31.3. The highest BCUT2D eigenvalue weighted by atomic mass is 15.0. The smallest absolute Gasteiger partial charge is 0.0726 e. The second-order valence-corrected chi connectivity index (χ2v) is 17.8. The molecule has 63 heavy (non-hydrogen) atoms. The fourth-order valence-electron chi connectivity index (χ4n) is 13.1. The lowest BCUT2D eigenvalue weighted by molar-refractivity contribution is 0.793. The molecule has 10 aromatic carbocycles. The lowest BCUT2D eigenvalue weighted by Crippen LogP contribution is -2.25. The van der Waals surface area contributed by atoms with Crippen LogP contribution in [0.15, 0.2) is 224 Å². The summed E-state index contributed by atoms with van der Waals surface area (Å²) in [6, 6.07) is 84.9. The number of para-hydroxylation sites is 1. The molecule has 0 saturated heterocycles. The molecule has 4 aliphatic carbocycles. The van der Waals surface area contributed by atoms with Gasteiger partial charge in [0.15, 0.2) is 0 Å². The molecule has 1 heterocycles. The minimum atomic E-state index is -0.400. The highest BCUT2D eigenvalue weighted by Crippen LogP contribution is 2.65. The van der Waals surface area contributed by atoms with Crippen LogP contribution in [0.1, 0.15) is 44.5 Å². The Morgan fingerprint density at radius 2 is 0.635 bits per heavy atom. The van der Waals surface area contributed by atoms with Crippen LogP contribution in [0.25, 0.3) is 83.1 Å². The van der Waals surface area contributed by atoms with Gasteiger partial charge >= 0.3 is 0 Å². The van der Waals surface area contributed by atoms with Crippen molar-refractivity contribution in [2.45, 2.75) is 10.8 Å². The van der Waals surface area contributed by atoms with E-state index < -0.39 is 5.41 Å². The molecule has 0 unspecified atom stereocenters. The van der Waals surface area contributed by atoms with Crippen molar-refractivity contribution in [3.63, 3.8) is 0 Å². The monoisotopic (exact) mass is 795 g/mol. The molecule has 2 spiro atoms. The van der Waals surface area contributed by atoms with Gasteiger partial charge in [0.25, 0.3) is 0 Å². The molecule has 0 saturated carbocycles. The average molecular weight is 796 g/mol. The second-order valence-electron chi connectivity index (χ2n) is 17.8. The lowest BCUT2D eigenvalue weighted by Gasteiger charge is -2.30. The van der Waals surface area contributed by atoms with Gasteiger partial charge in [-0.25, -0.2) is 0 Å². The normalized spacial score (nSPS) is 14.6. The Bertz CT molecular complexity index is 3730. The number of hydrogen-bond acceptors (Lipinski definition) is 0. The van der Waals surface area contributed by atoms with E-state index in [0.717, 1.165) is 0 Å². The van der Waals surface area contributed by atoms with Crippen molar-refractivity contribution in [2.24, 2.45) is 0 Å². The van der Waals surface area contributed by atoms with Crippen LogP contribution in [-0.4, -0.2) is 4.57 Å². The fourth-order valence-corrected chi connectivity index (χ4v) is 13.1. The third-order valence-electron chi connectivity index (χ3n) is 15.2. The van der Waals surface area contributed by atoms with Crippen molar-refractivity contribution in [1.82, 2.24) is 4.57 Å². The Labute approximate surface area is 365 Å².